The second-order valence-corrected chi connectivity index (χ2v) is 6.17. The highest BCUT2D eigenvalue weighted by atomic mass is 14.1. The molecular weight excluding hydrogens is 276 g/mol. The summed E-state index contributed by atoms with van der Waals surface area (Å²) in [5, 5.41) is 0. The minimum atomic E-state index is 1.02. The van der Waals surface area contributed by atoms with Crippen molar-refractivity contribution in [1.29, 1.82) is 0 Å². The van der Waals surface area contributed by atoms with Crippen LogP contribution in [0.3, 0.4) is 0 Å². The van der Waals surface area contributed by atoms with Crippen molar-refractivity contribution >= 4 is 0 Å². The zero-order valence-electron chi connectivity index (χ0n) is 14.0. The molecule has 0 unspecified atom stereocenters. The molecule has 0 N–H and O–H groups in total. The molecule has 0 atom stereocenters. The highest BCUT2D eigenvalue weighted by molar-refractivity contribution is 5.44. The van der Waals surface area contributed by atoms with Crippen LogP contribution in [0, 0.1) is 6.92 Å². The van der Waals surface area contributed by atoms with Crippen LogP contribution in [0.15, 0.2) is 72.8 Å². The Hall–Kier alpha value is -2.34. The molecular formula is C23H24. The SMILES string of the molecule is CCc1c(Cc2ccccc2)ccc(Cc2ccccc2)c1C. The molecule has 0 bridgehead atoms. The Balaban J connectivity index is 1.90. The van der Waals surface area contributed by atoms with Crippen molar-refractivity contribution in [2.75, 3.05) is 0 Å². The highest BCUT2D eigenvalue weighted by Gasteiger charge is 2.09. The summed E-state index contributed by atoms with van der Waals surface area (Å²) in [5.74, 6) is 0. The Morgan fingerprint density at radius 2 is 1.09 bits per heavy atom. The van der Waals surface area contributed by atoms with E-state index in [1.165, 1.54) is 33.4 Å². The normalized spacial score (nSPS) is 10.7. The van der Waals surface area contributed by atoms with Crippen LogP contribution in [0.4, 0.5) is 0 Å². The van der Waals surface area contributed by atoms with E-state index in [2.05, 4.69) is 86.6 Å². The van der Waals surface area contributed by atoms with Crippen molar-refractivity contribution in [2.45, 2.75) is 33.1 Å². The third-order valence-electron chi connectivity index (χ3n) is 4.64. The Labute approximate surface area is 139 Å². The molecule has 0 aliphatic carbocycles. The largest absolute Gasteiger partial charge is 0.0622 e. The van der Waals surface area contributed by atoms with Crippen molar-refractivity contribution in [3.63, 3.8) is 0 Å². The van der Waals surface area contributed by atoms with Crippen LogP contribution < -0.4 is 0 Å². The Bertz CT molecular complexity index is 755. The molecule has 0 nitrogen and oxygen atoms in total. The maximum Gasteiger partial charge on any atom is -0.00229 e. The molecule has 3 aromatic carbocycles. The first-order valence-corrected chi connectivity index (χ1v) is 8.46. The fourth-order valence-electron chi connectivity index (χ4n) is 3.34. The summed E-state index contributed by atoms with van der Waals surface area (Å²) in [7, 11) is 0. The van der Waals surface area contributed by atoms with E-state index in [1.54, 1.807) is 0 Å². The van der Waals surface area contributed by atoms with Gasteiger partial charge in [0.05, 0.1) is 0 Å². The average Bonchev–Trinajstić information content (AvgIpc) is 2.59. The molecule has 0 amide bonds. The van der Waals surface area contributed by atoms with Gasteiger partial charge in [0.25, 0.3) is 0 Å². The summed E-state index contributed by atoms with van der Waals surface area (Å²) in [4.78, 5) is 0. The second-order valence-electron chi connectivity index (χ2n) is 6.17. The van der Waals surface area contributed by atoms with Crippen LogP contribution >= 0.6 is 0 Å². The van der Waals surface area contributed by atoms with Crippen molar-refractivity contribution in [1.82, 2.24) is 0 Å². The van der Waals surface area contributed by atoms with E-state index in [0.29, 0.717) is 0 Å². The molecule has 0 saturated carbocycles. The number of hydrogen-bond donors (Lipinski definition) is 0. The lowest BCUT2D eigenvalue weighted by atomic mass is 9.89. The molecule has 0 radical (unpaired) electrons. The van der Waals surface area contributed by atoms with Gasteiger partial charge >= 0.3 is 0 Å². The molecule has 0 heterocycles. The molecule has 23 heavy (non-hydrogen) atoms. The first kappa shape index (κ1) is 15.6. The minimum Gasteiger partial charge on any atom is -0.0622 e. The smallest absolute Gasteiger partial charge is 0.00229 e. The molecule has 116 valence electrons. The standard InChI is InChI=1S/C23H24/c1-3-23-18(2)21(16-19-10-6-4-7-11-19)14-15-22(23)17-20-12-8-5-9-13-20/h4-15H,3,16-17H2,1-2H3. The van der Waals surface area contributed by atoms with Gasteiger partial charge in [-0.25, -0.2) is 0 Å². The highest BCUT2D eigenvalue weighted by Crippen LogP contribution is 2.24. The van der Waals surface area contributed by atoms with E-state index in [4.69, 9.17) is 0 Å². The fraction of sp³-hybridized carbons (Fsp3) is 0.217. The average molecular weight is 300 g/mol. The lowest BCUT2D eigenvalue weighted by Crippen LogP contribution is -2.02. The monoisotopic (exact) mass is 300 g/mol. The maximum absolute atomic E-state index is 2.33. The molecule has 3 rings (SSSR count). The molecule has 0 aliphatic rings. The molecule has 0 spiro atoms. The maximum atomic E-state index is 2.33. The first-order chi connectivity index (χ1) is 11.3. The van der Waals surface area contributed by atoms with Crippen molar-refractivity contribution in [3.8, 4) is 0 Å². The van der Waals surface area contributed by atoms with Gasteiger partial charge < -0.3 is 0 Å². The third kappa shape index (κ3) is 3.71. The van der Waals surface area contributed by atoms with Gasteiger partial charge in [-0.2, -0.15) is 0 Å². The van der Waals surface area contributed by atoms with Crippen LogP contribution in [0.1, 0.15) is 40.3 Å². The van der Waals surface area contributed by atoms with Gasteiger partial charge in [-0.1, -0.05) is 79.7 Å². The first-order valence-electron chi connectivity index (χ1n) is 8.46. The van der Waals surface area contributed by atoms with Crippen molar-refractivity contribution in [3.05, 3.63) is 106 Å². The third-order valence-corrected chi connectivity index (χ3v) is 4.64. The number of benzene rings is 3. The van der Waals surface area contributed by atoms with E-state index in [9.17, 15) is 0 Å². The Kier molecular flexibility index (Phi) is 4.92. The Morgan fingerprint density at radius 1 is 0.609 bits per heavy atom. The molecule has 3 aromatic rings. The van der Waals surface area contributed by atoms with Crippen molar-refractivity contribution in [2.24, 2.45) is 0 Å². The number of rotatable bonds is 5. The topological polar surface area (TPSA) is 0 Å². The summed E-state index contributed by atoms with van der Waals surface area (Å²) in [5.41, 5.74) is 8.66. The van der Waals surface area contributed by atoms with Gasteiger partial charge in [0.15, 0.2) is 0 Å². The molecule has 0 aromatic heterocycles. The van der Waals surface area contributed by atoms with Gasteiger partial charge in [-0.05, 0) is 59.6 Å². The lowest BCUT2D eigenvalue weighted by molar-refractivity contribution is 1.01. The van der Waals surface area contributed by atoms with Gasteiger partial charge in [-0.3, -0.25) is 0 Å². The van der Waals surface area contributed by atoms with Crippen LogP contribution in [0.5, 0.6) is 0 Å². The number of hydrogen-bond acceptors (Lipinski definition) is 0. The van der Waals surface area contributed by atoms with E-state index < -0.39 is 0 Å². The zero-order valence-corrected chi connectivity index (χ0v) is 14.0. The quantitative estimate of drug-likeness (QED) is 0.563. The minimum absolute atomic E-state index is 1.02. The summed E-state index contributed by atoms with van der Waals surface area (Å²) < 4.78 is 0. The Morgan fingerprint density at radius 3 is 1.61 bits per heavy atom. The fourth-order valence-corrected chi connectivity index (χ4v) is 3.34. The summed E-state index contributed by atoms with van der Waals surface area (Å²) in [6, 6.07) is 26.1. The molecule has 0 saturated heterocycles. The zero-order chi connectivity index (χ0) is 16.1. The molecule has 0 fully saturated rings. The molecule has 0 heteroatoms. The van der Waals surface area contributed by atoms with E-state index in [0.717, 1.165) is 19.3 Å². The summed E-state index contributed by atoms with van der Waals surface area (Å²) >= 11 is 0. The van der Waals surface area contributed by atoms with E-state index >= 15 is 0 Å². The predicted molar refractivity (Wildman–Crippen MR) is 99.1 cm³/mol. The van der Waals surface area contributed by atoms with Gasteiger partial charge in [0, 0.05) is 0 Å². The summed E-state index contributed by atoms with van der Waals surface area (Å²) in [6.07, 6.45) is 3.14. The second kappa shape index (κ2) is 7.28. The predicted octanol–water partition coefficient (Wildman–Crippen LogP) is 5.74. The molecule has 0 aliphatic heterocycles. The van der Waals surface area contributed by atoms with Crippen LogP contribution in [0.2, 0.25) is 0 Å². The van der Waals surface area contributed by atoms with Gasteiger partial charge in [-0.15, -0.1) is 0 Å². The summed E-state index contributed by atoms with van der Waals surface area (Å²) in [6.45, 7) is 4.55. The van der Waals surface area contributed by atoms with Gasteiger partial charge in [0.2, 0.25) is 0 Å². The van der Waals surface area contributed by atoms with E-state index in [1.807, 2.05) is 0 Å². The van der Waals surface area contributed by atoms with E-state index in [-0.39, 0.29) is 0 Å². The van der Waals surface area contributed by atoms with Crippen LogP contribution in [-0.4, -0.2) is 0 Å². The van der Waals surface area contributed by atoms with Crippen LogP contribution in [0.25, 0.3) is 0 Å². The van der Waals surface area contributed by atoms with Gasteiger partial charge in [0.1, 0.15) is 0 Å². The van der Waals surface area contributed by atoms with Crippen LogP contribution in [-0.2, 0) is 19.3 Å². The lowest BCUT2D eigenvalue weighted by Gasteiger charge is -2.16. The van der Waals surface area contributed by atoms with Crippen molar-refractivity contribution < 1.29 is 0 Å².